The first-order valence-electron chi connectivity index (χ1n) is 4.57. The van der Waals surface area contributed by atoms with Crippen LogP contribution in [0.4, 0.5) is 4.39 Å². The van der Waals surface area contributed by atoms with E-state index in [9.17, 15) is 4.39 Å². The zero-order valence-electron chi connectivity index (χ0n) is 8.24. The summed E-state index contributed by atoms with van der Waals surface area (Å²) in [7, 11) is 0. The molecule has 2 aromatic rings. The van der Waals surface area contributed by atoms with Crippen LogP contribution in [-0.4, -0.2) is 9.55 Å². The first-order valence-corrected chi connectivity index (χ1v) is 5.10. The molecule has 1 heterocycles. The van der Waals surface area contributed by atoms with Crippen LogP contribution < -0.4 is 0 Å². The van der Waals surface area contributed by atoms with E-state index >= 15 is 0 Å². The minimum absolute atomic E-state index is 0.283. The van der Waals surface area contributed by atoms with Crippen LogP contribution in [0, 0.1) is 12.7 Å². The molecule has 0 amide bonds. The second-order valence-electron chi connectivity index (χ2n) is 3.26. The van der Waals surface area contributed by atoms with E-state index < -0.39 is 0 Å². The van der Waals surface area contributed by atoms with Crippen LogP contribution in [0.5, 0.6) is 0 Å². The molecular formula is C11H10ClFN2. The van der Waals surface area contributed by atoms with Gasteiger partial charge in [0.05, 0.1) is 5.69 Å². The average Bonchev–Trinajstić information content (AvgIpc) is 2.64. The van der Waals surface area contributed by atoms with Gasteiger partial charge < -0.3 is 4.57 Å². The predicted octanol–water partition coefficient (Wildman–Crippen LogP) is 3.06. The Morgan fingerprint density at radius 1 is 1.47 bits per heavy atom. The summed E-state index contributed by atoms with van der Waals surface area (Å²) < 4.78 is 15.4. The van der Waals surface area contributed by atoms with E-state index in [1.165, 1.54) is 6.07 Å². The van der Waals surface area contributed by atoms with Crippen LogP contribution in [0.25, 0.3) is 5.69 Å². The number of hydrogen-bond acceptors (Lipinski definition) is 1. The highest BCUT2D eigenvalue weighted by atomic mass is 35.5. The van der Waals surface area contributed by atoms with Crippen molar-refractivity contribution in [1.29, 1.82) is 0 Å². The highest BCUT2D eigenvalue weighted by molar-refractivity contribution is 6.17. The summed E-state index contributed by atoms with van der Waals surface area (Å²) in [6.45, 7) is 1.83. The van der Waals surface area contributed by atoms with Gasteiger partial charge in [-0.3, -0.25) is 0 Å². The normalized spacial score (nSPS) is 10.6. The molecule has 0 aliphatic heterocycles. The van der Waals surface area contributed by atoms with Crippen molar-refractivity contribution in [2.75, 3.05) is 0 Å². The van der Waals surface area contributed by atoms with Crippen LogP contribution in [0.2, 0.25) is 0 Å². The molecule has 1 aromatic heterocycles. The molecule has 0 aliphatic carbocycles. The summed E-state index contributed by atoms with van der Waals surface area (Å²) in [5.41, 5.74) is 1.27. The molecule has 1 aromatic carbocycles. The largest absolute Gasteiger partial charge is 0.301 e. The van der Waals surface area contributed by atoms with Crippen molar-refractivity contribution in [2.45, 2.75) is 12.8 Å². The van der Waals surface area contributed by atoms with Crippen molar-refractivity contribution in [2.24, 2.45) is 0 Å². The number of alkyl halides is 1. The molecule has 78 valence electrons. The van der Waals surface area contributed by atoms with Gasteiger partial charge in [-0.1, -0.05) is 6.07 Å². The molecule has 0 bridgehead atoms. The second-order valence-corrected chi connectivity index (χ2v) is 3.53. The molecule has 4 heteroatoms. The number of hydrogen-bond donors (Lipinski definition) is 0. The lowest BCUT2D eigenvalue weighted by Crippen LogP contribution is -1.99. The number of imidazole rings is 1. The molecule has 0 fully saturated rings. The van der Waals surface area contributed by atoms with E-state index in [2.05, 4.69) is 4.98 Å². The number of nitrogens with zero attached hydrogens (tertiary/aromatic N) is 2. The number of rotatable bonds is 2. The Labute approximate surface area is 92.3 Å². The van der Waals surface area contributed by atoms with Gasteiger partial charge in [0, 0.05) is 18.3 Å². The van der Waals surface area contributed by atoms with Crippen molar-refractivity contribution in [3.05, 3.63) is 47.8 Å². The number of halogens is 2. The topological polar surface area (TPSA) is 17.8 Å². The van der Waals surface area contributed by atoms with Gasteiger partial charge in [0.2, 0.25) is 0 Å². The molecule has 0 spiro atoms. The maximum atomic E-state index is 13.7. The molecule has 0 radical (unpaired) electrons. The molecular weight excluding hydrogens is 215 g/mol. The summed E-state index contributed by atoms with van der Waals surface area (Å²) in [6.07, 6.45) is 3.37. The van der Waals surface area contributed by atoms with Crippen LogP contribution in [0.15, 0.2) is 30.6 Å². The van der Waals surface area contributed by atoms with Crippen LogP contribution in [-0.2, 0) is 5.88 Å². The Hall–Kier alpha value is -1.35. The molecule has 0 unspecified atom stereocenters. The summed E-state index contributed by atoms with van der Waals surface area (Å²) in [6, 6.07) is 4.97. The van der Waals surface area contributed by atoms with Gasteiger partial charge in [0.1, 0.15) is 11.6 Å². The van der Waals surface area contributed by atoms with Gasteiger partial charge in [-0.2, -0.15) is 0 Å². The first-order chi connectivity index (χ1) is 7.22. The third kappa shape index (κ3) is 1.88. The Kier molecular flexibility index (Phi) is 2.73. The lowest BCUT2D eigenvalue weighted by Gasteiger charge is -2.07. The smallest absolute Gasteiger partial charge is 0.147 e. The predicted molar refractivity (Wildman–Crippen MR) is 57.8 cm³/mol. The van der Waals surface area contributed by atoms with Gasteiger partial charge in [0.25, 0.3) is 0 Å². The van der Waals surface area contributed by atoms with Gasteiger partial charge in [-0.15, -0.1) is 11.6 Å². The zero-order valence-corrected chi connectivity index (χ0v) is 9.00. The van der Waals surface area contributed by atoms with E-state index in [1.807, 2.05) is 13.0 Å². The van der Waals surface area contributed by atoms with Crippen LogP contribution in [0.1, 0.15) is 11.4 Å². The maximum Gasteiger partial charge on any atom is 0.147 e. The Bertz CT molecular complexity index is 479. The van der Waals surface area contributed by atoms with Crippen molar-refractivity contribution >= 4 is 11.6 Å². The zero-order chi connectivity index (χ0) is 10.8. The maximum absolute atomic E-state index is 13.7. The molecule has 0 N–H and O–H groups in total. The summed E-state index contributed by atoms with van der Waals surface area (Å²) >= 11 is 5.62. The van der Waals surface area contributed by atoms with Gasteiger partial charge in [0.15, 0.2) is 0 Å². The minimum Gasteiger partial charge on any atom is -0.301 e. The standard InChI is InChI=1S/C11H10ClFN2/c1-8-14-4-5-15(8)11-3-2-9(7-12)6-10(11)13/h2-6H,7H2,1H3. The molecule has 0 saturated carbocycles. The lowest BCUT2D eigenvalue weighted by molar-refractivity contribution is 0.615. The minimum atomic E-state index is -0.283. The third-order valence-electron chi connectivity index (χ3n) is 2.25. The summed E-state index contributed by atoms with van der Waals surface area (Å²) in [5, 5.41) is 0. The monoisotopic (exact) mass is 224 g/mol. The fourth-order valence-electron chi connectivity index (χ4n) is 1.46. The Balaban J connectivity index is 2.50. The van der Waals surface area contributed by atoms with Crippen molar-refractivity contribution in [3.8, 4) is 5.69 Å². The molecule has 0 saturated heterocycles. The highest BCUT2D eigenvalue weighted by Gasteiger charge is 2.07. The molecule has 0 aliphatic rings. The van der Waals surface area contributed by atoms with E-state index in [1.54, 1.807) is 23.0 Å². The fraction of sp³-hybridized carbons (Fsp3) is 0.182. The SMILES string of the molecule is Cc1nccn1-c1ccc(CCl)cc1F. The lowest BCUT2D eigenvalue weighted by atomic mass is 10.2. The average molecular weight is 225 g/mol. The van der Waals surface area contributed by atoms with Gasteiger partial charge in [-0.25, -0.2) is 9.37 Å². The van der Waals surface area contributed by atoms with E-state index in [-0.39, 0.29) is 5.82 Å². The quantitative estimate of drug-likeness (QED) is 0.717. The third-order valence-corrected chi connectivity index (χ3v) is 2.56. The van der Waals surface area contributed by atoms with Gasteiger partial charge >= 0.3 is 0 Å². The van der Waals surface area contributed by atoms with E-state index in [4.69, 9.17) is 11.6 Å². The van der Waals surface area contributed by atoms with Crippen LogP contribution >= 0.6 is 11.6 Å². The van der Waals surface area contributed by atoms with Crippen molar-refractivity contribution in [3.63, 3.8) is 0 Å². The Morgan fingerprint density at radius 3 is 2.80 bits per heavy atom. The van der Waals surface area contributed by atoms with Gasteiger partial charge in [-0.05, 0) is 24.6 Å². The second kappa shape index (κ2) is 4.03. The van der Waals surface area contributed by atoms with Crippen molar-refractivity contribution < 1.29 is 4.39 Å². The fourth-order valence-corrected chi connectivity index (χ4v) is 1.63. The number of benzene rings is 1. The summed E-state index contributed by atoms with van der Waals surface area (Å²) in [5.74, 6) is 0.793. The molecule has 15 heavy (non-hydrogen) atoms. The summed E-state index contributed by atoms with van der Waals surface area (Å²) in [4.78, 5) is 4.05. The van der Waals surface area contributed by atoms with E-state index in [0.717, 1.165) is 11.4 Å². The van der Waals surface area contributed by atoms with Crippen molar-refractivity contribution in [1.82, 2.24) is 9.55 Å². The molecule has 2 rings (SSSR count). The highest BCUT2D eigenvalue weighted by Crippen LogP contribution is 2.17. The van der Waals surface area contributed by atoms with Crippen LogP contribution in [0.3, 0.4) is 0 Å². The Morgan fingerprint density at radius 2 is 2.27 bits per heavy atom. The van der Waals surface area contributed by atoms with E-state index in [0.29, 0.717) is 11.6 Å². The first kappa shape index (κ1) is 10.2. The molecule has 2 nitrogen and oxygen atoms in total. The molecule has 0 atom stereocenters. The number of aryl methyl sites for hydroxylation is 1. The number of aromatic nitrogens is 2.